The van der Waals surface area contributed by atoms with Crippen LogP contribution in [0.2, 0.25) is 0 Å². The number of thioether (sulfide) groups is 1. The van der Waals surface area contributed by atoms with Crippen LogP contribution in [0.15, 0.2) is 52.9 Å². The van der Waals surface area contributed by atoms with E-state index in [0.29, 0.717) is 5.13 Å². The number of rotatable bonds is 8. The van der Waals surface area contributed by atoms with Gasteiger partial charge in [0, 0.05) is 5.75 Å². The van der Waals surface area contributed by atoms with Gasteiger partial charge in [0.1, 0.15) is 5.75 Å². The van der Waals surface area contributed by atoms with Gasteiger partial charge in [-0.3, -0.25) is 10.1 Å². The average molecular weight is 426 g/mol. The molecule has 0 spiro atoms. The molecular formula is C22H23N3O2S2. The van der Waals surface area contributed by atoms with Crippen LogP contribution >= 0.6 is 23.1 Å². The summed E-state index contributed by atoms with van der Waals surface area (Å²) in [5, 5.41) is 11.4. The number of carbonyl (C=O) groups excluding carboxylic acids is 1. The first-order valence-corrected chi connectivity index (χ1v) is 11.0. The summed E-state index contributed by atoms with van der Waals surface area (Å²) in [5.74, 6) is 1.29. The number of hydrogen-bond acceptors (Lipinski definition) is 6. The molecule has 0 bridgehead atoms. The number of anilines is 1. The maximum Gasteiger partial charge on any atom is 0.264 e. The largest absolute Gasteiger partial charge is 0.483 e. The lowest BCUT2D eigenvalue weighted by Gasteiger charge is -2.12. The molecule has 29 heavy (non-hydrogen) atoms. The maximum atomic E-state index is 12.2. The molecule has 0 aliphatic heterocycles. The molecule has 0 atom stereocenters. The van der Waals surface area contributed by atoms with Crippen molar-refractivity contribution in [2.75, 3.05) is 17.7 Å². The second-order valence-electron chi connectivity index (χ2n) is 6.56. The fraction of sp³-hybridized carbons (Fsp3) is 0.227. The van der Waals surface area contributed by atoms with E-state index in [1.165, 1.54) is 16.9 Å². The van der Waals surface area contributed by atoms with Crippen molar-refractivity contribution in [1.82, 2.24) is 10.2 Å². The molecule has 1 amide bonds. The lowest BCUT2D eigenvalue weighted by Crippen LogP contribution is -2.20. The van der Waals surface area contributed by atoms with E-state index in [0.717, 1.165) is 32.5 Å². The van der Waals surface area contributed by atoms with Crippen LogP contribution < -0.4 is 10.1 Å². The number of aromatic nitrogens is 2. The minimum atomic E-state index is -0.249. The van der Waals surface area contributed by atoms with Crippen molar-refractivity contribution < 1.29 is 9.53 Å². The molecule has 1 heterocycles. The fourth-order valence-corrected chi connectivity index (χ4v) is 4.48. The van der Waals surface area contributed by atoms with Crippen LogP contribution in [0.5, 0.6) is 5.75 Å². The highest BCUT2D eigenvalue weighted by Gasteiger charge is 2.11. The predicted octanol–water partition coefficient (Wildman–Crippen LogP) is 5.29. The van der Waals surface area contributed by atoms with Crippen molar-refractivity contribution in [1.29, 1.82) is 0 Å². The zero-order chi connectivity index (χ0) is 20.6. The zero-order valence-electron chi connectivity index (χ0n) is 16.6. The van der Waals surface area contributed by atoms with E-state index >= 15 is 0 Å². The van der Waals surface area contributed by atoms with Crippen LogP contribution in [-0.4, -0.2) is 28.5 Å². The van der Waals surface area contributed by atoms with Gasteiger partial charge in [-0.05, 0) is 37.5 Å². The number of benzene rings is 2. The summed E-state index contributed by atoms with van der Waals surface area (Å²) in [4.78, 5) is 12.2. The molecule has 2 aromatic carbocycles. The Morgan fingerprint density at radius 3 is 2.59 bits per heavy atom. The minimum absolute atomic E-state index is 0.0629. The maximum absolute atomic E-state index is 12.2. The summed E-state index contributed by atoms with van der Waals surface area (Å²) in [6, 6.07) is 14.2. The van der Waals surface area contributed by atoms with Gasteiger partial charge in [-0.25, -0.2) is 0 Å². The fourth-order valence-electron chi connectivity index (χ4n) is 2.87. The highest BCUT2D eigenvalue weighted by molar-refractivity contribution is 8.01. The Morgan fingerprint density at radius 1 is 1.14 bits per heavy atom. The third kappa shape index (κ3) is 6.44. The molecule has 0 saturated carbocycles. The van der Waals surface area contributed by atoms with Crippen molar-refractivity contribution in [2.45, 2.75) is 25.1 Å². The Balaban J connectivity index is 1.46. The summed E-state index contributed by atoms with van der Waals surface area (Å²) >= 11 is 2.94. The lowest BCUT2D eigenvalue weighted by atomic mass is 10.1. The smallest absolute Gasteiger partial charge is 0.264 e. The first-order chi connectivity index (χ1) is 14.0. The van der Waals surface area contributed by atoms with Gasteiger partial charge in [0.15, 0.2) is 10.9 Å². The molecule has 3 rings (SSSR count). The quantitative estimate of drug-likeness (QED) is 0.393. The molecule has 0 aliphatic carbocycles. The van der Waals surface area contributed by atoms with E-state index in [4.69, 9.17) is 4.74 Å². The Bertz CT molecular complexity index is 977. The van der Waals surface area contributed by atoms with Crippen LogP contribution in [0.4, 0.5) is 5.13 Å². The Hall–Kier alpha value is -2.64. The van der Waals surface area contributed by atoms with Crippen molar-refractivity contribution in [3.05, 3.63) is 70.8 Å². The van der Waals surface area contributed by atoms with Crippen LogP contribution in [-0.2, 0) is 4.79 Å². The number of nitrogens with one attached hydrogen (secondary N) is 1. The second-order valence-corrected chi connectivity index (χ2v) is 8.81. The summed E-state index contributed by atoms with van der Waals surface area (Å²) in [7, 11) is 0. The van der Waals surface area contributed by atoms with E-state index in [2.05, 4.69) is 39.8 Å². The van der Waals surface area contributed by atoms with Gasteiger partial charge in [0.05, 0.1) is 0 Å². The Labute approximate surface area is 179 Å². The van der Waals surface area contributed by atoms with E-state index in [9.17, 15) is 4.79 Å². The molecule has 1 N–H and O–H groups in total. The molecular weight excluding hydrogens is 402 g/mol. The molecule has 0 fully saturated rings. The van der Waals surface area contributed by atoms with Gasteiger partial charge in [-0.15, -0.1) is 10.2 Å². The van der Waals surface area contributed by atoms with E-state index in [-0.39, 0.29) is 12.5 Å². The molecule has 150 valence electrons. The lowest BCUT2D eigenvalue weighted by molar-refractivity contribution is -0.118. The molecule has 1 aromatic heterocycles. The van der Waals surface area contributed by atoms with Crippen LogP contribution in [0.3, 0.4) is 0 Å². The molecule has 5 nitrogen and oxygen atoms in total. The van der Waals surface area contributed by atoms with Crippen LogP contribution in [0.25, 0.3) is 6.08 Å². The van der Waals surface area contributed by atoms with E-state index in [1.54, 1.807) is 11.8 Å². The summed E-state index contributed by atoms with van der Waals surface area (Å²) in [6.45, 7) is 5.94. The van der Waals surface area contributed by atoms with Crippen molar-refractivity contribution in [2.24, 2.45) is 0 Å². The molecule has 0 saturated heterocycles. The molecule has 0 unspecified atom stereocenters. The van der Waals surface area contributed by atoms with Gasteiger partial charge in [0.25, 0.3) is 5.91 Å². The highest BCUT2D eigenvalue weighted by Crippen LogP contribution is 2.26. The van der Waals surface area contributed by atoms with Crippen LogP contribution in [0.1, 0.15) is 22.3 Å². The van der Waals surface area contributed by atoms with Gasteiger partial charge in [0.2, 0.25) is 5.13 Å². The third-order valence-electron chi connectivity index (χ3n) is 4.02. The number of amides is 1. The molecule has 3 aromatic rings. The predicted molar refractivity (Wildman–Crippen MR) is 121 cm³/mol. The third-order valence-corrected chi connectivity index (χ3v) is 5.94. The summed E-state index contributed by atoms with van der Waals surface area (Å²) < 4.78 is 6.52. The number of aryl methyl sites for hydroxylation is 3. The number of nitrogens with zero attached hydrogens (tertiary/aromatic N) is 2. The summed E-state index contributed by atoms with van der Waals surface area (Å²) in [6.07, 6.45) is 4.16. The van der Waals surface area contributed by atoms with Crippen molar-refractivity contribution in [3.8, 4) is 5.75 Å². The molecule has 0 radical (unpaired) electrons. The second kappa shape index (κ2) is 10.2. The first-order valence-electron chi connectivity index (χ1n) is 9.19. The van der Waals surface area contributed by atoms with Gasteiger partial charge in [-0.1, -0.05) is 83.3 Å². The van der Waals surface area contributed by atoms with Gasteiger partial charge >= 0.3 is 0 Å². The minimum Gasteiger partial charge on any atom is -0.483 e. The average Bonchev–Trinajstić information content (AvgIpc) is 3.12. The van der Waals surface area contributed by atoms with E-state index in [1.807, 2.05) is 51.1 Å². The molecule has 0 aliphatic rings. The van der Waals surface area contributed by atoms with Crippen molar-refractivity contribution >= 4 is 40.2 Å². The SMILES string of the molecule is Cc1cc(C)c(OCC(=O)Nc2nnc(SC/C=C/c3ccccc3)s2)c(C)c1. The Morgan fingerprint density at radius 2 is 1.86 bits per heavy atom. The monoisotopic (exact) mass is 425 g/mol. The van der Waals surface area contributed by atoms with Crippen molar-refractivity contribution in [3.63, 3.8) is 0 Å². The zero-order valence-corrected chi connectivity index (χ0v) is 18.3. The van der Waals surface area contributed by atoms with Crippen LogP contribution in [0, 0.1) is 20.8 Å². The summed E-state index contributed by atoms with van der Waals surface area (Å²) in [5.41, 5.74) is 4.38. The number of carbonyl (C=O) groups is 1. The molecule has 7 heteroatoms. The topological polar surface area (TPSA) is 64.1 Å². The van der Waals surface area contributed by atoms with Gasteiger partial charge in [-0.2, -0.15) is 0 Å². The Kier molecular flexibility index (Phi) is 7.43. The number of ether oxygens (including phenoxy) is 1. The standard InChI is InChI=1S/C22H23N3O2S2/c1-15-12-16(2)20(17(3)13-15)27-14-19(26)23-21-24-25-22(29-21)28-11-7-10-18-8-5-4-6-9-18/h4-10,12-13H,11,14H2,1-3H3,(H,23,24,26)/b10-7+. The number of hydrogen-bond donors (Lipinski definition) is 1. The van der Waals surface area contributed by atoms with E-state index < -0.39 is 0 Å². The highest BCUT2D eigenvalue weighted by atomic mass is 32.2. The van der Waals surface area contributed by atoms with Gasteiger partial charge < -0.3 is 4.74 Å². The normalized spacial score (nSPS) is 11.0. The first kappa shape index (κ1) is 21.1.